The van der Waals surface area contributed by atoms with Crippen molar-refractivity contribution in [2.45, 2.75) is 25.6 Å². The molecular formula is C24H18F3N3O4. The number of carbonyl (C=O) groups is 1. The zero-order valence-corrected chi connectivity index (χ0v) is 17.7. The second-order valence-corrected chi connectivity index (χ2v) is 8.45. The Morgan fingerprint density at radius 3 is 2.41 bits per heavy atom. The van der Waals surface area contributed by atoms with Gasteiger partial charge in [-0.05, 0) is 49.6 Å². The fourth-order valence-corrected chi connectivity index (χ4v) is 4.71. The lowest BCUT2D eigenvalue weighted by atomic mass is 10.0. The van der Waals surface area contributed by atoms with Crippen LogP contribution in [0.15, 0.2) is 47.5 Å². The van der Waals surface area contributed by atoms with Crippen molar-refractivity contribution in [2.24, 2.45) is 0 Å². The molecule has 0 atom stereocenters. The Morgan fingerprint density at radius 1 is 0.971 bits per heavy atom. The van der Waals surface area contributed by atoms with Crippen LogP contribution < -0.4 is 15.0 Å². The predicted octanol–water partition coefficient (Wildman–Crippen LogP) is 4.56. The van der Waals surface area contributed by atoms with Crippen LogP contribution in [0.2, 0.25) is 0 Å². The van der Waals surface area contributed by atoms with E-state index in [0.29, 0.717) is 24.0 Å². The number of pyridine rings is 1. The average Bonchev–Trinajstić information content (AvgIpc) is 3.40. The normalized spacial score (nSPS) is 17.0. The summed E-state index contributed by atoms with van der Waals surface area (Å²) in [5.74, 6) is -1.49. The van der Waals surface area contributed by atoms with E-state index < -0.39 is 17.7 Å². The number of hydrogen-bond acceptors (Lipinski definition) is 4. The first kappa shape index (κ1) is 20.6. The third kappa shape index (κ3) is 3.20. The van der Waals surface area contributed by atoms with Crippen LogP contribution >= 0.6 is 0 Å². The van der Waals surface area contributed by atoms with Gasteiger partial charge in [0, 0.05) is 36.3 Å². The predicted molar refractivity (Wildman–Crippen MR) is 117 cm³/mol. The van der Waals surface area contributed by atoms with Crippen LogP contribution in [0.5, 0.6) is 11.5 Å². The number of benzene rings is 2. The summed E-state index contributed by atoms with van der Waals surface area (Å²) >= 11 is 0. The fourth-order valence-electron chi connectivity index (χ4n) is 4.71. The van der Waals surface area contributed by atoms with Crippen molar-refractivity contribution in [3.05, 3.63) is 64.5 Å². The summed E-state index contributed by atoms with van der Waals surface area (Å²) in [6, 6.07) is 6.55. The van der Waals surface area contributed by atoms with Crippen LogP contribution in [0.4, 0.5) is 13.2 Å². The van der Waals surface area contributed by atoms with Crippen molar-refractivity contribution in [2.75, 3.05) is 13.1 Å². The molecule has 1 fully saturated rings. The highest BCUT2D eigenvalue weighted by Crippen LogP contribution is 2.43. The zero-order valence-electron chi connectivity index (χ0n) is 17.7. The number of alkyl halides is 2. The van der Waals surface area contributed by atoms with Crippen molar-refractivity contribution in [3.63, 3.8) is 0 Å². The van der Waals surface area contributed by atoms with Gasteiger partial charge in [0.1, 0.15) is 5.82 Å². The van der Waals surface area contributed by atoms with Gasteiger partial charge in [-0.2, -0.15) is 0 Å². The average molecular weight is 469 g/mol. The highest BCUT2D eigenvalue weighted by molar-refractivity contribution is 6.07. The topological polar surface area (TPSA) is 76.6 Å². The molecule has 2 aliphatic rings. The molecule has 174 valence electrons. The second-order valence-electron chi connectivity index (χ2n) is 8.45. The molecule has 0 unspecified atom stereocenters. The molecule has 6 rings (SSSR count). The monoisotopic (exact) mass is 469 g/mol. The molecule has 4 aromatic rings. The number of likely N-dealkylation sites (tertiary alicyclic amines) is 1. The van der Waals surface area contributed by atoms with Gasteiger partial charge in [0.25, 0.3) is 11.5 Å². The smallest absolute Gasteiger partial charge is 0.395 e. The van der Waals surface area contributed by atoms with E-state index in [1.54, 1.807) is 17.2 Å². The Labute approximate surface area is 190 Å². The molecule has 0 radical (unpaired) electrons. The summed E-state index contributed by atoms with van der Waals surface area (Å²) in [6.07, 6.45) is 1.77. The number of amides is 1. The summed E-state index contributed by atoms with van der Waals surface area (Å²) in [5.41, 5.74) is 0.209. The van der Waals surface area contributed by atoms with E-state index in [4.69, 9.17) is 0 Å². The summed E-state index contributed by atoms with van der Waals surface area (Å²) in [6.45, 7) is 1.09. The van der Waals surface area contributed by atoms with Crippen molar-refractivity contribution in [1.29, 1.82) is 0 Å². The molecule has 1 amide bonds. The van der Waals surface area contributed by atoms with Crippen LogP contribution in [0, 0.1) is 5.82 Å². The quantitative estimate of drug-likeness (QED) is 0.467. The number of rotatable bonds is 2. The van der Waals surface area contributed by atoms with Crippen molar-refractivity contribution in [1.82, 2.24) is 14.5 Å². The highest BCUT2D eigenvalue weighted by Gasteiger charge is 2.44. The van der Waals surface area contributed by atoms with E-state index in [1.807, 2.05) is 0 Å². The molecule has 7 nitrogen and oxygen atoms in total. The van der Waals surface area contributed by atoms with Gasteiger partial charge in [-0.25, -0.2) is 4.39 Å². The minimum atomic E-state index is -3.88. The van der Waals surface area contributed by atoms with Gasteiger partial charge in [0.05, 0.1) is 22.2 Å². The van der Waals surface area contributed by atoms with Crippen molar-refractivity contribution in [3.8, 4) is 17.2 Å². The first-order valence-electron chi connectivity index (χ1n) is 10.9. The summed E-state index contributed by atoms with van der Waals surface area (Å²) in [5, 5.41) is 0.709. The summed E-state index contributed by atoms with van der Waals surface area (Å²) in [4.78, 5) is 31.6. The van der Waals surface area contributed by atoms with E-state index in [0.717, 1.165) is 25.3 Å². The molecule has 2 aliphatic heterocycles. The maximum atomic E-state index is 14.4. The summed E-state index contributed by atoms with van der Waals surface area (Å²) in [7, 11) is 0. The standard InChI is InChI=1S/C24H18F3N3O4/c25-13-8-18-14(4-5-28-18)19(9-13)30-12-17(22(31)29-6-2-1-3-7-29)15-10-20-21(11-16(15)23(30)32)34-24(26,27)33-20/h4-5,8-12,28H,1-3,6-7H2. The van der Waals surface area contributed by atoms with E-state index in [9.17, 15) is 22.8 Å². The zero-order chi connectivity index (χ0) is 23.6. The first-order valence-corrected chi connectivity index (χ1v) is 10.9. The lowest BCUT2D eigenvalue weighted by molar-refractivity contribution is -0.286. The lowest BCUT2D eigenvalue weighted by Crippen LogP contribution is -2.36. The number of nitrogens with one attached hydrogen (secondary N) is 1. The van der Waals surface area contributed by atoms with Gasteiger partial charge in [-0.15, -0.1) is 8.78 Å². The van der Waals surface area contributed by atoms with E-state index in [1.165, 1.54) is 29.0 Å². The van der Waals surface area contributed by atoms with E-state index in [-0.39, 0.29) is 39.4 Å². The number of fused-ring (bicyclic) bond motifs is 3. The number of aromatic amines is 1. The molecule has 4 heterocycles. The molecule has 2 aromatic heterocycles. The van der Waals surface area contributed by atoms with Crippen LogP contribution in [0.3, 0.4) is 0 Å². The van der Waals surface area contributed by atoms with Gasteiger partial charge in [-0.1, -0.05) is 0 Å². The van der Waals surface area contributed by atoms with Crippen LogP contribution in [-0.2, 0) is 0 Å². The number of ether oxygens (including phenoxy) is 2. The number of piperidine rings is 1. The summed E-state index contributed by atoms with van der Waals surface area (Å²) < 4.78 is 52.1. The maximum Gasteiger partial charge on any atom is 0.586 e. The number of carbonyl (C=O) groups excluding carboxylic acids is 1. The Hall–Kier alpha value is -3.95. The van der Waals surface area contributed by atoms with Gasteiger partial charge in [0.15, 0.2) is 11.5 Å². The third-order valence-electron chi connectivity index (χ3n) is 6.28. The van der Waals surface area contributed by atoms with Crippen molar-refractivity contribution < 1.29 is 27.4 Å². The number of H-pyrrole nitrogens is 1. The SMILES string of the molecule is O=C(c1cn(-c2cc(F)cc3[nH]ccc23)c(=O)c2cc3c(cc12)OC(F)(F)O3)N1CCCCC1. The van der Waals surface area contributed by atoms with Gasteiger partial charge < -0.3 is 19.4 Å². The number of aromatic nitrogens is 2. The third-order valence-corrected chi connectivity index (χ3v) is 6.28. The molecule has 34 heavy (non-hydrogen) atoms. The van der Waals surface area contributed by atoms with Crippen LogP contribution in [-0.4, -0.2) is 39.7 Å². The first-order chi connectivity index (χ1) is 16.3. The maximum absolute atomic E-state index is 14.4. The minimum absolute atomic E-state index is 0.0177. The van der Waals surface area contributed by atoms with Gasteiger partial charge in [0.2, 0.25) is 0 Å². The Morgan fingerprint density at radius 2 is 1.68 bits per heavy atom. The molecule has 0 aliphatic carbocycles. The van der Waals surface area contributed by atoms with E-state index >= 15 is 0 Å². The van der Waals surface area contributed by atoms with Crippen molar-refractivity contribution >= 4 is 27.6 Å². The second kappa shape index (κ2) is 7.28. The fraction of sp³-hybridized carbons (Fsp3) is 0.250. The Balaban J connectivity index is 1.64. The number of hydrogen-bond donors (Lipinski definition) is 1. The molecule has 10 heteroatoms. The minimum Gasteiger partial charge on any atom is -0.395 e. The van der Waals surface area contributed by atoms with E-state index in [2.05, 4.69) is 14.5 Å². The highest BCUT2D eigenvalue weighted by atomic mass is 19.3. The number of nitrogens with zero attached hydrogens (tertiary/aromatic N) is 2. The molecule has 2 aromatic carbocycles. The molecule has 1 saturated heterocycles. The largest absolute Gasteiger partial charge is 0.586 e. The van der Waals surface area contributed by atoms with Crippen LogP contribution in [0.1, 0.15) is 29.6 Å². The Kier molecular flexibility index (Phi) is 4.42. The van der Waals surface area contributed by atoms with Gasteiger partial charge in [-0.3, -0.25) is 14.2 Å². The Bertz CT molecular complexity index is 1540. The van der Waals surface area contributed by atoms with Crippen LogP contribution in [0.25, 0.3) is 27.4 Å². The molecule has 0 spiro atoms. The molecule has 0 saturated carbocycles. The molecule has 1 N–H and O–H groups in total. The number of halogens is 3. The van der Waals surface area contributed by atoms with Gasteiger partial charge >= 0.3 is 6.29 Å². The lowest BCUT2D eigenvalue weighted by Gasteiger charge is -2.27. The molecule has 0 bridgehead atoms. The molecular weight excluding hydrogens is 451 g/mol.